The van der Waals surface area contributed by atoms with E-state index in [1.54, 1.807) is 0 Å². The van der Waals surface area contributed by atoms with Gasteiger partial charge in [0.15, 0.2) is 0 Å². The van der Waals surface area contributed by atoms with Crippen molar-refractivity contribution in [1.82, 2.24) is 0 Å². The number of rotatable bonds is 5. The summed E-state index contributed by atoms with van der Waals surface area (Å²) in [7, 11) is 0. The van der Waals surface area contributed by atoms with Crippen LogP contribution in [-0.4, -0.2) is 11.9 Å². The van der Waals surface area contributed by atoms with Crippen molar-refractivity contribution in [2.45, 2.75) is 56.1 Å². The van der Waals surface area contributed by atoms with Crippen molar-refractivity contribution in [2.75, 3.05) is 12.3 Å². The fraction of sp³-hybridized carbons (Fsp3) is 0.625. The first kappa shape index (κ1) is 14.6. The van der Waals surface area contributed by atoms with Gasteiger partial charge in [-0.05, 0) is 43.9 Å². The van der Waals surface area contributed by atoms with Crippen LogP contribution < -0.4 is 10.5 Å². The Morgan fingerprint density at radius 1 is 1.26 bits per heavy atom. The van der Waals surface area contributed by atoms with Crippen molar-refractivity contribution in [3.8, 4) is 5.75 Å². The molecule has 3 heteroatoms. The van der Waals surface area contributed by atoms with Crippen molar-refractivity contribution in [1.29, 1.82) is 0 Å². The fourth-order valence-electron chi connectivity index (χ4n) is 2.83. The van der Waals surface area contributed by atoms with Crippen LogP contribution in [0.4, 0.5) is 5.69 Å². The molecule has 1 aromatic carbocycles. The molecule has 2 nitrogen and oxygen atoms in total. The Balaban J connectivity index is 2.10. The summed E-state index contributed by atoms with van der Waals surface area (Å²) in [6, 6.07) is 6.03. The Bertz CT molecular complexity index is 408. The average molecular weight is 279 g/mol. The van der Waals surface area contributed by atoms with Crippen LogP contribution in [0.2, 0.25) is 0 Å². The van der Waals surface area contributed by atoms with Crippen molar-refractivity contribution < 1.29 is 4.74 Å². The van der Waals surface area contributed by atoms with Gasteiger partial charge in [0.25, 0.3) is 0 Å². The molecule has 1 aliphatic carbocycles. The van der Waals surface area contributed by atoms with Gasteiger partial charge in [-0.1, -0.05) is 26.2 Å². The largest absolute Gasteiger partial charge is 0.494 e. The van der Waals surface area contributed by atoms with Gasteiger partial charge in [-0.2, -0.15) is 0 Å². The van der Waals surface area contributed by atoms with E-state index in [1.807, 2.05) is 30.8 Å². The molecule has 2 atom stereocenters. The van der Waals surface area contributed by atoms with Crippen LogP contribution in [0.1, 0.15) is 46.0 Å². The number of hydrogen-bond donors (Lipinski definition) is 1. The molecule has 0 radical (unpaired) electrons. The van der Waals surface area contributed by atoms with Gasteiger partial charge in [0.2, 0.25) is 0 Å². The molecule has 1 aliphatic rings. The number of ether oxygens (including phenoxy) is 1. The first-order chi connectivity index (χ1) is 9.24. The maximum atomic E-state index is 6.11. The van der Waals surface area contributed by atoms with Crippen LogP contribution in [0.5, 0.6) is 5.75 Å². The normalized spacial score (nSPS) is 23.3. The summed E-state index contributed by atoms with van der Waals surface area (Å²) in [5, 5.41) is 0.720. The lowest BCUT2D eigenvalue weighted by Crippen LogP contribution is -2.21. The third kappa shape index (κ3) is 3.82. The summed E-state index contributed by atoms with van der Waals surface area (Å²) in [6.07, 6.45) is 6.73. The minimum atomic E-state index is 0.703. The summed E-state index contributed by atoms with van der Waals surface area (Å²) in [4.78, 5) is 1.19. The smallest absolute Gasteiger partial charge is 0.120 e. The second-order valence-corrected chi connectivity index (χ2v) is 6.52. The maximum Gasteiger partial charge on any atom is 0.120 e. The van der Waals surface area contributed by atoms with Crippen LogP contribution in [0.3, 0.4) is 0 Å². The summed E-state index contributed by atoms with van der Waals surface area (Å²) in [5.74, 6) is 1.77. The molecular weight excluding hydrogens is 254 g/mol. The Hall–Kier alpha value is -0.830. The van der Waals surface area contributed by atoms with Gasteiger partial charge in [0.05, 0.1) is 6.61 Å². The molecule has 0 heterocycles. The Morgan fingerprint density at radius 2 is 2.05 bits per heavy atom. The van der Waals surface area contributed by atoms with Gasteiger partial charge in [-0.3, -0.25) is 0 Å². The molecule has 0 saturated heterocycles. The highest BCUT2D eigenvalue weighted by atomic mass is 32.2. The number of anilines is 1. The van der Waals surface area contributed by atoms with Crippen LogP contribution >= 0.6 is 11.8 Å². The second-order valence-electron chi connectivity index (χ2n) is 5.24. The van der Waals surface area contributed by atoms with Crippen molar-refractivity contribution >= 4 is 17.4 Å². The lowest BCUT2D eigenvalue weighted by Gasteiger charge is -2.30. The minimum absolute atomic E-state index is 0.703. The predicted octanol–water partition coefficient (Wildman–Crippen LogP) is 4.73. The number of nitrogen functional groups attached to an aromatic ring is 1. The van der Waals surface area contributed by atoms with E-state index in [0.29, 0.717) is 6.61 Å². The van der Waals surface area contributed by atoms with E-state index in [4.69, 9.17) is 10.5 Å². The molecule has 0 bridgehead atoms. The van der Waals surface area contributed by atoms with Crippen molar-refractivity contribution in [2.24, 2.45) is 5.92 Å². The van der Waals surface area contributed by atoms with Crippen LogP contribution in [-0.2, 0) is 0 Å². The molecule has 2 unspecified atom stereocenters. The van der Waals surface area contributed by atoms with E-state index in [9.17, 15) is 0 Å². The molecule has 1 saturated carbocycles. The Kier molecular flexibility index (Phi) is 5.44. The zero-order valence-corrected chi connectivity index (χ0v) is 12.8. The molecular formula is C16H25NOS. The van der Waals surface area contributed by atoms with Gasteiger partial charge in [0.1, 0.15) is 5.75 Å². The quantitative estimate of drug-likeness (QED) is 0.791. The highest BCUT2D eigenvalue weighted by Crippen LogP contribution is 2.41. The third-order valence-electron chi connectivity index (χ3n) is 3.94. The molecule has 0 aliphatic heterocycles. The lowest BCUT2D eigenvalue weighted by molar-refractivity contribution is 0.339. The first-order valence-electron chi connectivity index (χ1n) is 7.43. The number of hydrogen-bond acceptors (Lipinski definition) is 3. The van der Waals surface area contributed by atoms with Gasteiger partial charge in [0, 0.05) is 15.8 Å². The van der Waals surface area contributed by atoms with Crippen molar-refractivity contribution in [3.63, 3.8) is 0 Å². The summed E-state index contributed by atoms with van der Waals surface area (Å²) in [5.41, 5.74) is 7.00. The van der Waals surface area contributed by atoms with E-state index in [-0.39, 0.29) is 0 Å². The monoisotopic (exact) mass is 279 g/mol. The first-order valence-corrected chi connectivity index (χ1v) is 8.31. The second kappa shape index (κ2) is 7.09. The number of thioether (sulfide) groups is 1. The third-order valence-corrected chi connectivity index (χ3v) is 5.47. The van der Waals surface area contributed by atoms with Gasteiger partial charge in [-0.15, -0.1) is 11.8 Å². The lowest BCUT2D eigenvalue weighted by atomic mass is 9.87. The topological polar surface area (TPSA) is 35.2 Å². The van der Waals surface area contributed by atoms with E-state index < -0.39 is 0 Å². The molecule has 2 N–H and O–H groups in total. The number of benzene rings is 1. The molecule has 0 aromatic heterocycles. The zero-order chi connectivity index (χ0) is 13.7. The molecule has 1 aromatic rings. The van der Waals surface area contributed by atoms with Crippen molar-refractivity contribution in [3.05, 3.63) is 18.2 Å². The average Bonchev–Trinajstić information content (AvgIpc) is 2.43. The summed E-state index contributed by atoms with van der Waals surface area (Å²) in [6.45, 7) is 5.02. The van der Waals surface area contributed by atoms with Gasteiger partial charge < -0.3 is 10.5 Å². The molecule has 0 amide bonds. The maximum absolute atomic E-state index is 6.11. The SMILES string of the molecule is CCOc1ccc(N)c(SC2CCCCC2CC)c1. The summed E-state index contributed by atoms with van der Waals surface area (Å²) < 4.78 is 5.57. The van der Waals surface area contributed by atoms with Crippen LogP contribution in [0.15, 0.2) is 23.1 Å². The van der Waals surface area contributed by atoms with E-state index in [2.05, 4.69) is 13.0 Å². The van der Waals surface area contributed by atoms with Gasteiger partial charge in [-0.25, -0.2) is 0 Å². The fourth-order valence-corrected chi connectivity index (χ4v) is 4.35. The molecule has 19 heavy (non-hydrogen) atoms. The highest BCUT2D eigenvalue weighted by Gasteiger charge is 2.25. The predicted molar refractivity (Wildman–Crippen MR) is 83.9 cm³/mol. The van der Waals surface area contributed by atoms with Crippen LogP contribution in [0.25, 0.3) is 0 Å². The molecule has 1 fully saturated rings. The number of nitrogens with two attached hydrogens (primary N) is 1. The zero-order valence-electron chi connectivity index (χ0n) is 12.0. The minimum Gasteiger partial charge on any atom is -0.494 e. The van der Waals surface area contributed by atoms with Gasteiger partial charge >= 0.3 is 0 Å². The molecule has 0 spiro atoms. The Labute approximate surface area is 121 Å². The molecule has 2 rings (SSSR count). The van der Waals surface area contributed by atoms with E-state index in [0.717, 1.165) is 22.6 Å². The summed E-state index contributed by atoms with van der Waals surface area (Å²) >= 11 is 1.96. The highest BCUT2D eigenvalue weighted by molar-refractivity contribution is 8.00. The molecule has 106 valence electrons. The van der Waals surface area contributed by atoms with E-state index in [1.165, 1.54) is 37.0 Å². The van der Waals surface area contributed by atoms with Crippen LogP contribution in [0, 0.1) is 5.92 Å². The Morgan fingerprint density at radius 3 is 2.79 bits per heavy atom. The standard InChI is InChI=1S/C16H25NOS/c1-3-12-7-5-6-8-15(12)19-16-11-13(18-4-2)9-10-14(16)17/h9-12,15H,3-8,17H2,1-2H3. The van der Waals surface area contributed by atoms with E-state index >= 15 is 0 Å².